The van der Waals surface area contributed by atoms with Crippen LogP contribution in [0.25, 0.3) is 21.7 Å². The Morgan fingerprint density at radius 2 is 1.26 bits per heavy atom. The lowest BCUT2D eigenvalue weighted by Gasteiger charge is -2.51. The highest BCUT2D eigenvalue weighted by Crippen LogP contribution is 2.61. The number of carbonyl (C=O) groups excluding carboxylic acids is 6. The Kier molecular flexibility index (Phi) is 11.0. The third kappa shape index (κ3) is 6.38. The smallest absolute Gasteiger partial charge is 0.263 e. The van der Waals surface area contributed by atoms with Crippen LogP contribution >= 0.6 is 22.7 Å². The van der Waals surface area contributed by atoms with Crippen LogP contribution in [-0.4, -0.2) is 147 Å². The van der Waals surface area contributed by atoms with E-state index in [0.29, 0.717) is 21.1 Å². The molecule has 0 saturated heterocycles. The largest absolute Gasteiger partial charge is 0.508 e. The van der Waals surface area contributed by atoms with Crippen LogP contribution in [0, 0.1) is 23.7 Å². The van der Waals surface area contributed by atoms with Crippen molar-refractivity contribution in [3.05, 3.63) is 132 Å². The third-order valence-corrected chi connectivity index (χ3v) is 17.9. The molecule has 20 nitrogen and oxygen atoms in total. The fourth-order valence-electron chi connectivity index (χ4n) is 12.8. The number of nitrogens with zero attached hydrogens (tertiary/aromatic N) is 4. The minimum atomic E-state index is -3.02. The molecule has 2 aromatic heterocycles. The second-order valence-electron chi connectivity index (χ2n) is 19.9. The lowest BCUT2D eigenvalue weighted by atomic mass is 9.55. The molecule has 5 aromatic rings. The van der Waals surface area contributed by atoms with Crippen LogP contribution in [0.3, 0.4) is 0 Å². The van der Waals surface area contributed by atoms with Gasteiger partial charge in [-0.1, -0.05) is 30.3 Å². The van der Waals surface area contributed by atoms with Crippen molar-refractivity contribution in [1.29, 1.82) is 0 Å². The lowest BCUT2D eigenvalue weighted by molar-refractivity contribution is -0.155. The number of carbonyl (C=O) groups is 6. The van der Waals surface area contributed by atoms with E-state index in [4.69, 9.17) is 10.7 Å². The predicted molar refractivity (Wildman–Crippen MR) is 266 cm³/mol. The van der Waals surface area contributed by atoms with Crippen molar-refractivity contribution in [2.24, 2.45) is 29.4 Å². The maximum atomic E-state index is 15.0. The zero-order chi connectivity index (χ0) is 52.9. The highest BCUT2D eigenvalue weighted by atomic mass is 32.1. The Labute approximate surface area is 427 Å². The number of ketones is 4. The monoisotopic (exact) mass is 1040 g/mol. The first-order chi connectivity index (χ1) is 35.1. The molecule has 0 spiro atoms. The summed E-state index contributed by atoms with van der Waals surface area (Å²) in [6, 6.07) is 11.4. The quantitative estimate of drug-likeness (QED) is 0.0821. The van der Waals surface area contributed by atoms with Gasteiger partial charge in [-0.2, -0.15) is 0 Å². The Bertz CT molecular complexity index is 3510. The number of likely N-dealkylation sites (N-methyl/N-ethyl adjacent to an activating group) is 2. The van der Waals surface area contributed by atoms with Crippen molar-refractivity contribution >= 4 is 85.0 Å². The van der Waals surface area contributed by atoms with Crippen LogP contribution in [0.4, 0.5) is 5.69 Å². The molecule has 11 rings (SSSR count). The number of aromatic nitrogens is 2. The summed E-state index contributed by atoms with van der Waals surface area (Å²) >= 11 is 2.47. The SMILES string of the molecule is CN(C)[C@@H]1C(=O)C(C(N)=O)=C(O)[C@@]2(O)C(=O)C3=C(O)c4c(ccc(NC(=O)C5=C(O)[C@@]6(O)C(=O)C7=C(O)c8c(O)cccc8[C@H](c8nccs8)[C@H]7C[C@H]6[C@H](N(C)C)C5=O)c4O)[C@H](c4nc5ccccc5s4)[C@H]3C[C@@H]12. The average molecular weight is 1040 g/mol. The molecule has 2 saturated carbocycles. The molecule has 2 amide bonds. The average Bonchev–Trinajstić information content (AvgIpc) is 4.04. The van der Waals surface area contributed by atoms with Gasteiger partial charge in [0.05, 0.1) is 39.1 Å². The molecule has 3 aromatic carbocycles. The van der Waals surface area contributed by atoms with Crippen molar-refractivity contribution in [2.45, 2.75) is 48.0 Å². The third-order valence-electron chi connectivity index (χ3n) is 15.9. The van der Waals surface area contributed by atoms with Gasteiger partial charge in [-0.05, 0) is 76.4 Å². The van der Waals surface area contributed by atoms with Gasteiger partial charge in [-0.15, -0.1) is 22.7 Å². The number of primary amides is 1. The van der Waals surface area contributed by atoms with Gasteiger partial charge in [-0.25, -0.2) is 9.97 Å². The number of benzene rings is 3. The first kappa shape index (κ1) is 48.7. The number of hydrogen-bond acceptors (Lipinski definition) is 20. The van der Waals surface area contributed by atoms with Crippen molar-refractivity contribution in [3.63, 3.8) is 0 Å². The molecule has 0 bridgehead atoms. The summed E-state index contributed by atoms with van der Waals surface area (Å²) in [5, 5.41) is 101. The number of phenolic OH excluding ortho intramolecular Hbond substituents is 2. The highest BCUT2D eigenvalue weighted by molar-refractivity contribution is 7.18. The molecule has 6 aliphatic rings. The minimum Gasteiger partial charge on any atom is -0.508 e. The molecule has 380 valence electrons. The summed E-state index contributed by atoms with van der Waals surface area (Å²) in [6.45, 7) is 0. The molecule has 2 heterocycles. The van der Waals surface area contributed by atoms with Crippen LogP contribution in [-0.2, 0) is 28.8 Å². The maximum absolute atomic E-state index is 15.0. The van der Waals surface area contributed by atoms with Crippen LogP contribution in [0.2, 0.25) is 0 Å². The number of anilines is 1. The molecule has 74 heavy (non-hydrogen) atoms. The number of phenols is 2. The van der Waals surface area contributed by atoms with Gasteiger partial charge in [0.2, 0.25) is 11.6 Å². The summed E-state index contributed by atoms with van der Waals surface area (Å²) < 4.78 is 0.719. The van der Waals surface area contributed by atoms with Crippen LogP contribution in [0.5, 0.6) is 11.5 Å². The number of thiazole rings is 2. The minimum absolute atomic E-state index is 0.0937. The number of aliphatic hydroxyl groups excluding tert-OH is 4. The van der Waals surface area contributed by atoms with E-state index < -0.39 is 150 Å². The number of aromatic hydroxyl groups is 2. The zero-order valence-corrected chi connectivity index (χ0v) is 41.2. The first-order valence-corrected chi connectivity index (χ1v) is 25.0. The van der Waals surface area contributed by atoms with E-state index in [1.54, 1.807) is 48.0 Å². The van der Waals surface area contributed by atoms with Gasteiger partial charge in [0.15, 0.2) is 22.8 Å². The van der Waals surface area contributed by atoms with Gasteiger partial charge in [0.25, 0.3) is 11.8 Å². The van der Waals surface area contributed by atoms with Gasteiger partial charge in [0, 0.05) is 58.2 Å². The van der Waals surface area contributed by atoms with E-state index in [9.17, 15) is 60.0 Å². The number of rotatable bonds is 7. The second-order valence-corrected chi connectivity index (χ2v) is 21.9. The van der Waals surface area contributed by atoms with Gasteiger partial charge in [-0.3, -0.25) is 38.6 Å². The van der Waals surface area contributed by atoms with Crippen molar-refractivity contribution in [2.75, 3.05) is 33.5 Å². The summed E-state index contributed by atoms with van der Waals surface area (Å²) in [7, 11) is 5.91. The van der Waals surface area contributed by atoms with Crippen molar-refractivity contribution in [3.8, 4) is 11.5 Å². The zero-order valence-electron chi connectivity index (χ0n) is 39.6. The molecular weight excluding hydrogens is 997 g/mol. The molecule has 0 aliphatic heterocycles. The van der Waals surface area contributed by atoms with E-state index in [1.165, 1.54) is 78.9 Å². The molecule has 22 heteroatoms. The Hall–Kier alpha value is -7.60. The van der Waals surface area contributed by atoms with E-state index in [2.05, 4.69) is 10.3 Å². The number of para-hydroxylation sites is 1. The second kappa shape index (κ2) is 16.7. The van der Waals surface area contributed by atoms with Crippen molar-refractivity contribution < 1.29 is 69.6 Å². The van der Waals surface area contributed by atoms with Crippen LogP contribution < -0.4 is 11.1 Å². The summed E-state index contributed by atoms with van der Waals surface area (Å²) in [5.74, 6) is -19.5. The number of amides is 2. The van der Waals surface area contributed by atoms with E-state index in [1.807, 2.05) is 0 Å². The summed E-state index contributed by atoms with van der Waals surface area (Å²) in [5.41, 5.74) is -3.36. The lowest BCUT2D eigenvalue weighted by Crippen LogP contribution is -2.66. The summed E-state index contributed by atoms with van der Waals surface area (Å²) in [6.07, 6.45) is 1.07. The normalized spacial score (nSPS) is 29.6. The number of Topliss-reactive ketones (excluding diaryl/α,β-unsaturated/α-hetero) is 4. The molecule has 10 atom stereocenters. The number of aliphatic hydroxyl groups is 6. The standard InChI is InChI=1S/C52H46N6O14S2/c1-57(2)36-22-17-21-29(50-56-24-9-5-6-11-27(24)74-50)19-12-13-25(38(60)31(19)40(62)33(21)44(66)51(22,71)45(67)34(41(36)63)47(53)69)55-48(70)35-42(64)37(58(3)4)23-16-20-28(49-54-14-15-73-49)18-8-7-10-26(59)30(18)39(61)32(20)43(65)52(23,72)46(35)68/h5-15,20-23,28-29,36-37,59-62,67-68,71-72H,16-17H2,1-4H3,(H2,53,69)(H,55,70)/t20-,21-,22+,23+,28+,29+,36+,37+,51+,52+/m1/s1. The van der Waals surface area contributed by atoms with Crippen LogP contribution in [0.15, 0.2) is 100.0 Å². The number of fused-ring (bicyclic) bond motifs is 7. The predicted octanol–water partition coefficient (Wildman–Crippen LogP) is 3.64. The molecule has 6 aliphatic carbocycles. The maximum Gasteiger partial charge on any atom is 0.263 e. The topological polar surface area (TPSA) is 335 Å². The Morgan fingerprint density at radius 3 is 1.82 bits per heavy atom. The highest BCUT2D eigenvalue weighted by Gasteiger charge is 2.67. The fraction of sp³-hybridized carbons (Fsp3) is 0.308. The molecule has 0 unspecified atom stereocenters. The summed E-state index contributed by atoms with van der Waals surface area (Å²) in [4.78, 5) is 98.1. The number of nitrogens with two attached hydrogens (primary N) is 1. The number of hydrogen-bond donors (Lipinski definition) is 10. The van der Waals surface area contributed by atoms with Crippen molar-refractivity contribution in [1.82, 2.24) is 19.8 Å². The molecule has 0 radical (unpaired) electrons. The van der Waals surface area contributed by atoms with E-state index in [0.717, 1.165) is 4.70 Å². The number of nitrogens with one attached hydrogen (secondary N) is 1. The van der Waals surface area contributed by atoms with Gasteiger partial charge < -0.3 is 51.9 Å². The first-order valence-electron chi connectivity index (χ1n) is 23.3. The van der Waals surface area contributed by atoms with E-state index in [-0.39, 0.29) is 35.3 Å². The fourth-order valence-corrected chi connectivity index (χ4v) is 14.8. The van der Waals surface area contributed by atoms with Crippen LogP contribution in [0.1, 0.15) is 56.9 Å². The molecule has 2 fully saturated rings. The molecular formula is C52H46N6O14S2. The Morgan fingerprint density at radius 1 is 0.703 bits per heavy atom. The van der Waals surface area contributed by atoms with Gasteiger partial charge in [0.1, 0.15) is 55.7 Å². The molecule has 11 N–H and O–H groups in total. The van der Waals surface area contributed by atoms with Gasteiger partial charge >= 0.3 is 0 Å². The Balaban J connectivity index is 1.04. The van der Waals surface area contributed by atoms with E-state index >= 15 is 9.59 Å².